The molecule has 0 bridgehead atoms. The Morgan fingerprint density at radius 1 is 1.30 bits per heavy atom. The van der Waals surface area contributed by atoms with Crippen LogP contribution in [0.25, 0.3) is 0 Å². The van der Waals surface area contributed by atoms with E-state index in [1.807, 2.05) is 0 Å². The van der Waals surface area contributed by atoms with Gasteiger partial charge >= 0.3 is 5.97 Å². The highest BCUT2D eigenvalue weighted by Crippen LogP contribution is 2.25. The lowest BCUT2D eigenvalue weighted by molar-refractivity contribution is 0.0696. The fourth-order valence-corrected chi connectivity index (χ4v) is 1.87. The number of benzene rings is 1. The lowest BCUT2D eigenvalue weighted by Gasteiger charge is -2.10. The van der Waals surface area contributed by atoms with Gasteiger partial charge in [0.25, 0.3) is 0 Å². The molecule has 0 saturated heterocycles. The molecule has 0 fully saturated rings. The van der Waals surface area contributed by atoms with Crippen LogP contribution < -0.4 is 4.74 Å². The van der Waals surface area contributed by atoms with Gasteiger partial charge in [-0.3, -0.25) is 4.98 Å². The third-order valence-corrected chi connectivity index (χ3v) is 2.92. The van der Waals surface area contributed by atoms with E-state index in [1.54, 1.807) is 31.4 Å². The third-order valence-electron chi connectivity index (χ3n) is 2.92. The van der Waals surface area contributed by atoms with Crippen LogP contribution in [0.5, 0.6) is 5.75 Å². The Bertz CT molecular complexity index is 660. The van der Waals surface area contributed by atoms with Crippen LogP contribution in [0.4, 0.5) is 0 Å². The highest BCUT2D eigenvalue weighted by atomic mass is 16.5. The SMILES string of the molecule is COc1ccc(C(C#N)c2cncc(C(=O)O)c2)cc1. The predicted molar refractivity (Wildman–Crippen MR) is 71.6 cm³/mol. The molecule has 2 rings (SSSR count). The molecule has 1 N–H and O–H groups in total. The predicted octanol–water partition coefficient (Wildman–Crippen LogP) is 2.44. The standard InChI is InChI=1S/C15H12N2O3/c1-20-13-4-2-10(3-5-13)14(7-16)11-6-12(15(18)19)9-17-8-11/h2-6,8-9,14H,1H3,(H,18,19). The van der Waals surface area contributed by atoms with Crippen LogP contribution in [-0.2, 0) is 0 Å². The number of hydrogen-bond donors (Lipinski definition) is 1. The molecule has 1 atom stereocenters. The summed E-state index contributed by atoms with van der Waals surface area (Å²) in [5, 5.41) is 18.3. The number of aromatic nitrogens is 1. The number of hydrogen-bond acceptors (Lipinski definition) is 4. The molecular weight excluding hydrogens is 256 g/mol. The number of nitrogens with zero attached hydrogens (tertiary/aromatic N) is 2. The minimum atomic E-state index is -1.06. The van der Waals surface area contributed by atoms with E-state index in [1.165, 1.54) is 18.5 Å². The van der Waals surface area contributed by atoms with Crippen molar-refractivity contribution in [1.29, 1.82) is 5.26 Å². The second kappa shape index (κ2) is 5.85. The number of nitriles is 1. The van der Waals surface area contributed by atoms with Crippen molar-refractivity contribution in [2.45, 2.75) is 5.92 Å². The molecule has 1 aromatic heterocycles. The van der Waals surface area contributed by atoms with E-state index in [2.05, 4.69) is 11.1 Å². The number of aromatic carboxylic acids is 1. The molecule has 100 valence electrons. The average molecular weight is 268 g/mol. The summed E-state index contributed by atoms with van der Waals surface area (Å²) in [6, 6.07) is 10.7. The number of ether oxygens (including phenoxy) is 1. The van der Waals surface area contributed by atoms with Gasteiger partial charge in [0.2, 0.25) is 0 Å². The Morgan fingerprint density at radius 3 is 2.55 bits per heavy atom. The monoisotopic (exact) mass is 268 g/mol. The topological polar surface area (TPSA) is 83.2 Å². The Balaban J connectivity index is 2.39. The van der Waals surface area contributed by atoms with Crippen molar-refractivity contribution in [3.05, 3.63) is 59.4 Å². The Kier molecular flexibility index (Phi) is 3.96. The highest BCUT2D eigenvalue weighted by Gasteiger charge is 2.16. The van der Waals surface area contributed by atoms with Crippen LogP contribution in [0, 0.1) is 11.3 Å². The van der Waals surface area contributed by atoms with Gasteiger partial charge in [-0.05, 0) is 29.3 Å². The van der Waals surface area contributed by atoms with Crippen LogP contribution in [0.1, 0.15) is 27.4 Å². The van der Waals surface area contributed by atoms with Gasteiger partial charge in [-0.2, -0.15) is 5.26 Å². The van der Waals surface area contributed by atoms with Gasteiger partial charge in [0.05, 0.1) is 24.7 Å². The van der Waals surface area contributed by atoms with E-state index in [0.717, 1.165) is 5.56 Å². The molecule has 0 aliphatic carbocycles. The number of carboxylic acids is 1. The Labute approximate surface area is 116 Å². The van der Waals surface area contributed by atoms with E-state index < -0.39 is 11.9 Å². The van der Waals surface area contributed by atoms with Gasteiger partial charge in [-0.15, -0.1) is 0 Å². The highest BCUT2D eigenvalue weighted by molar-refractivity contribution is 5.87. The molecule has 1 aromatic carbocycles. The van der Waals surface area contributed by atoms with Gasteiger partial charge in [0.15, 0.2) is 0 Å². The van der Waals surface area contributed by atoms with E-state index in [0.29, 0.717) is 11.3 Å². The first kappa shape index (κ1) is 13.6. The average Bonchev–Trinajstić information content (AvgIpc) is 2.49. The summed E-state index contributed by atoms with van der Waals surface area (Å²) in [5.41, 5.74) is 1.38. The van der Waals surface area contributed by atoms with Crippen molar-refractivity contribution in [3.8, 4) is 11.8 Å². The summed E-state index contributed by atoms with van der Waals surface area (Å²) < 4.78 is 5.07. The maximum atomic E-state index is 10.9. The lowest BCUT2D eigenvalue weighted by atomic mass is 9.93. The van der Waals surface area contributed by atoms with Gasteiger partial charge in [-0.1, -0.05) is 12.1 Å². The fraction of sp³-hybridized carbons (Fsp3) is 0.133. The molecule has 0 aliphatic heterocycles. The maximum absolute atomic E-state index is 10.9. The lowest BCUT2D eigenvalue weighted by Crippen LogP contribution is -2.03. The van der Waals surface area contributed by atoms with Crippen LogP contribution >= 0.6 is 0 Å². The fourth-order valence-electron chi connectivity index (χ4n) is 1.87. The first-order valence-electron chi connectivity index (χ1n) is 5.87. The van der Waals surface area contributed by atoms with E-state index in [9.17, 15) is 10.1 Å². The molecular formula is C15H12N2O3. The van der Waals surface area contributed by atoms with Crippen molar-refractivity contribution >= 4 is 5.97 Å². The van der Waals surface area contributed by atoms with Crippen molar-refractivity contribution in [3.63, 3.8) is 0 Å². The largest absolute Gasteiger partial charge is 0.497 e. The van der Waals surface area contributed by atoms with Gasteiger partial charge in [0, 0.05) is 12.4 Å². The van der Waals surface area contributed by atoms with Crippen LogP contribution in [0.2, 0.25) is 0 Å². The molecule has 5 nitrogen and oxygen atoms in total. The van der Waals surface area contributed by atoms with Crippen molar-refractivity contribution in [2.24, 2.45) is 0 Å². The van der Waals surface area contributed by atoms with Crippen molar-refractivity contribution < 1.29 is 14.6 Å². The summed E-state index contributed by atoms with van der Waals surface area (Å²) in [7, 11) is 1.57. The van der Waals surface area contributed by atoms with Gasteiger partial charge in [-0.25, -0.2) is 4.79 Å². The van der Waals surface area contributed by atoms with Crippen molar-refractivity contribution in [1.82, 2.24) is 4.98 Å². The molecule has 2 aromatic rings. The summed E-state index contributed by atoms with van der Waals surface area (Å²) in [5.74, 6) is -0.929. The first-order chi connectivity index (χ1) is 9.65. The minimum absolute atomic E-state index is 0.0660. The zero-order valence-electron chi connectivity index (χ0n) is 10.8. The van der Waals surface area contributed by atoms with E-state index in [-0.39, 0.29) is 5.56 Å². The summed E-state index contributed by atoms with van der Waals surface area (Å²) in [6.45, 7) is 0. The normalized spacial score (nSPS) is 11.4. The molecule has 5 heteroatoms. The van der Waals surface area contributed by atoms with Crippen molar-refractivity contribution in [2.75, 3.05) is 7.11 Å². The molecule has 0 amide bonds. The number of carbonyl (C=O) groups is 1. The first-order valence-corrected chi connectivity index (χ1v) is 5.87. The molecule has 20 heavy (non-hydrogen) atoms. The Hall–Kier alpha value is -2.87. The zero-order valence-corrected chi connectivity index (χ0v) is 10.8. The number of methoxy groups -OCH3 is 1. The summed E-state index contributed by atoms with van der Waals surface area (Å²) in [4.78, 5) is 14.8. The zero-order chi connectivity index (χ0) is 14.5. The summed E-state index contributed by atoms with van der Waals surface area (Å²) >= 11 is 0. The molecule has 0 saturated carbocycles. The Morgan fingerprint density at radius 2 is 2.00 bits per heavy atom. The molecule has 1 heterocycles. The minimum Gasteiger partial charge on any atom is -0.497 e. The second-order valence-electron chi connectivity index (χ2n) is 4.15. The number of rotatable bonds is 4. The second-order valence-corrected chi connectivity index (χ2v) is 4.15. The van der Waals surface area contributed by atoms with Gasteiger partial charge < -0.3 is 9.84 Å². The number of pyridine rings is 1. The third kappa shape index (κ3) is 2.75. The smallest absolute Gasteiger partial charge is 0.337 e. The van der Waals surface area contributed by atoms with Crippen LogP contribution in [-0.4, -0.2) is 23.2 Å². The quantitative estimate of drug-likeness (QED) is 0.920. The van der Waals surface area contributed by atoms with Crippen LogP contribution in [0.15, 0.2) is 42.7 Å². The van der Waals surface area contributed by atoms with E-state index >= 15 is 0 Å². The molecule has 0 spiro atoms. The van der Waals surface area contributed by atoms with E-state index in [4.69, 9.17) is 9.84 Å². The maximum Gasteiger partial charge on any atom is 0.337 e. The van der Waals surface area contributed by atoms with Crippen LogP contribution in [0.3, 0.4) is 0 Å². The molecule has 0 aliphatic rings. The number of carboxylic acid groups (broad SMARTS) is 1. The van der Waals surface area contributed by atoms with Gasteiger partial charge in [0.1, 0.15) is 5.75 Å². The summed E-state index contributed by atoms with van der Waals surface area (Å²) in [6.07, 6.45) is 2.76. The molecule has 0 radical (unpaired) electrons. The molecule has 1 unspecified atom stereocenters.